The lowest BCUT2D eigenvalue weighted by Gasteiger charge is -2.12. The van der Waals surface area contributed by atoms with E-state index in [4.69, 9.17) is 4.74 Å². The summed E-state index contributed by atoms with van der Waals surface area (Å²) in [6, 6.07) is 28.1. The molecule has 5 rings (SSSR count). The van der Waals surface area contributed by atoms with Crippen molar-refractivity contribution in [3.8, 4) is 11.1 Å². The maximum Gasteiger partial charge on any atom is 0.337 e. The van der Waals surface area contributed by atoms with E-state index in [0.29, 0.717) is 12.0 Å². The summed E-state index contributed by atoms with van der Waals surface area (Å²) >= 11 is 0. The highest BCUT2D eigenvalue weighted by molar-refractivity contribution is 6.06. The van der Waals surface area contributed by atoms with Gasteiger partial charge < -0.3 is 4.74 Å². The molecule has 1 unspecified atom stereocenters. The van der Waals surface area contributed by atoms with Crippen LogP contribution in [0.1, 0.15) is 31.8 Å². The zero-order valence-corrected chi connectivity index (χ0v) is 17.3. The van der Waals surface area contributed by atoms with Crippen LogP contribution < -0.4 is 0 Å². The van der Waals surface area contributed by atoms with Gasteiger partial charge in [0.1, 0.15) is 0 Å². The highest BCUT2D eigenvalue weighted by Gasteiger charge is 2.32. The van der Waals surface area contributed by atoms with Gasteiger partial charge in [-0.15, -0.1) is 0 Å². The van der Waals surface area contributed by atoms with E-state index in [1.165, 1.54) is 23.4 Å². The summed E-state index contributed by atoms with van der Waals surface area (Å²) in [5.74, 6) is -0.236. The van der Waals surface area contributed by atoms with E-state index < -0.39 is 0 Å². The molecule has 4 aromatic rings. The number of fused-ring (bicyclic) bond motifs is 2. The lowest BCUT2D eigenvalue weighted by Crippen LogP contribution is -2.12. The molecule has 0 N–H and O–H groups in total. The molecular weight excluding hydrogens is 384 g/mol. The van der Waals surface area contributed by atoms with Gasteiger partial charge in [-0.3, -0.25) is 4.79 Å². The molecule has 0 spiro atoms. The van der Waals surface area contributed by atoms with Crippen LogP contribution >= 0.6 is 0 Å². The van der Waals surface area contributed by atoms with Crippen molar-refractivity contribution in [1.82, 2.24) is 0 Å². The van der Waals surface area contributed by atoms with Gasteiger partial charge in [0, 0.05) is 11.5 Å². The lowest BCUT2D eigenvalue weighted by atomic mass is 9.92. The highest BCUT2D eigenvalue weighted by atomic mass is 16.5. The number of ether oxygens (including phenoxy) is 1. The normalized spacial score (nSPS) is 15.1. The number of rotatable bonds is 4. The lowest BCUT2D eigenvalue weighted by molar-refractivity contribution is 0.0600. The van der Waals surface area contributed by atoms with Crippen molar-refractivity contribution in [2.24, 2.45) is 5.92 Å². The van der Waals surface area contributed by atoms with E-state index in [1.807, 2.05) is 30.3 Å². The molecule has 1 atom stereocenters. The maximum absolute atomic E-state index is 13.2. The van der Waals surface area contributed by atoms with Crippen LogP contribution in [0.4, 0.5) is 0 Å². The van der Waals surface area contributed by atoms with Crippen LogP contribution in [0, 0.1) is 5.92 Å². The monoisotopic (exact) mass is 406 g/mol. The van der Waals surface area contributed by atoms with Gasteiger partial charge in [0.25, 0.3) is 0 Å². The summed E-state index contributed by atoms with van der Waals surface area (Å²) in [6.45, 7) is 0. The number of methoxy groups -OCH3 is 1. The van der Waals surface area contributed by atoms with E-state index in [2.05, 4.69) is 42.5 Å². The van der Waals surface area contributed by atoms with Crippen LogP contribution in [-0.4, -0.2) is 18.9 Å². The molecule has 0 saturated carbocycles. The van der Waals surface area contributed by atoms with Gasteiger partial charge in [0.15, 0.2) is 5.78 Å². The molecule has 3 nitrogen and oxygen atoms in total. The number of carbonyl (C=O) groups is 2. The third kappa shape index (κ3) is 3.42. The van der Waals surface area contributed by atoms with Gasteiger partial charge in [0.05, 0.1) is 12.7 Å². The predicted molar refractivity (Wildman–Crippen MR) is 122 cm³/mol. The number of esters is 1. The maximum atomic E-state index is 13.2. The van der Waals surface area contributed by atoms with Crippen LogP contribution in [-0.2, 0) is 17.6 Å². The molecule has 4 aromatic carbocycles. The molecule has 0 fully saturated rings. The first-order chi connectivity index (χ1) is 15.2. The molecule has 0 aromatic heterocycles. The van der Waals surface area contributed by atoms with Gasteiger partial charge in [-0.2, -0.15) is 0 Å². The first-order valence-electron chi connectivity index (χ1n) is 10.5. The van der Waals surface area contributed by atoms with Crippen molar-refractivity contribution in [2.75, 3.05) is 7.11 Å². The molecule has 0 bridgehead atoms. The minimum Gasteiger partial charge on any atom is -0.465 e. The Hall–Kier alpha value is -3.72. The molecule has 1 aliphatic carbocycles. The van der Waals surface area contributed by atoms with Gasteiger partial charge in [-0.05, 0) is 58.0 Å². The van der Waals surface area contributed by atoms with E-state index >= 15 is 0 Å². The number of carbonyl (C=O) groups excluding carboxylic acids is 2. The van der Waals surface area contributed by atoms with Crippen LogP contribution in [0.2, 0.25) is 0 Å². The molecule has 0 aliphatic heterocycles. The summed E-state index contributed by atoms with van der Waals surface area (Å²) in [7, 11) is 1.37. The Balaban J connectivity index is 1.47. The highest BCUT2D eigenvalue weighted by Crippen LogP contribution is 2.38. The van der Waals surface area contributed by atoms with Crippen LogP contribution in [0.15, 0.2) is 84.9 Å². The Morgan fingerprint density at radius 3 is 2.32 bits per heavy atom. The first-order valence-corrected chi connectivity index (χ1v) is 10.5. The molecule has 152 valence electrons. The van der Waals surface area contributed by atoms with Crippen molar-refractivity contribution in [3.05, 3.63) is 107 Å². The Morgan fingerprint density at radius 1 is 0.839 bits per heavy atom. The SMILES string of the molecule is COC(=O)c1ccc(CC2Cc3c(cccc3-c3cccc4ccccc34)C2=O)cc1. The summed E-state index contributed by atoms with van der Waals surface area (Å²) in [6.07, 6.45) is 1.39. The van der Waals surface area contributed by atoms with Gasteiger partial charge in [-0.1, -0.05) is 72.8 Å². The Bertz CT molecular complexity index is 1300. The van der Waals surface area contributed by atoms with Crippen molar-refractivity contribution < 1.29 is 14.3 Å². The van der Waals surface area contributed by atoms with Crippen LogP contribution in [0.3, 0.4) is 0 Å². The van der Waals surface area contributed by atoms with E-state index in [0.717, 1.165) is 28.7 Å². The standard InChI is InChI=1S/C28H22O3/c1-31-28(30)20-14-12-18(13-15-20)16-21-17-26-24(10-5-11-25(26)27(21)29)23-9-4-7-19-6-2-3-8-22(19)23/h2-15,21H,16-17H2,1H3. The minimum absolute atomic E-state index is 0.0879. The smallest absolute Gasteiger partial charge is 0.337 e. The van der Waals surface area contributed by atoms with Crippen LogP contribution in [0.25, 0.3) is 21.9 Å². The number of hydrogen-bond donors (Lipinski definition) is 0. The average molecular weight is 406 g/mol. The molecular formula is C28H22O3. The van der Waals surface area contributed by atoms with Crippen molar-refractivity contribution in [2.45, 2.75) is 12.8 Å². The molecule has 3 heteroatoms. The fourth-order valence-electron chi connectivity index (χ4n) is 4.65. The summed E-state index contributed by atoms with van der Waals surface area (Å²) in [5, 5.41) is 2.40. The minimum atomic E-state index is -0.351. The summed E-state index contributed by atoms with van der Waals surface area (Å²) < 4.78 is 4.76. The van der Waals surface area contributed by atoms with Gasteiger partial charge >= 0.3 is 5.97 Å². The quantitative estimate of drug-likeness (QED) is 0.397. The number of hydrogen-bond acceptors (Lipinski definition) is 3. The molecule has 31 heavy (non-hydrogen) atoms. The van der Waals surface area contributed by atoms with Gasteiger partial charge in [0.2, 0.25) is 0 Å². The van der Waals surface area contributed by atoms with Crippen molar-refractivity contribution in [1.29, 1.82) is 0 Å². The fraction of sp³-hybridized carbons (Fsp3) is 0.143. The second kappa shape index (κ2) is 7.84. The third-order valence-corrected chi connectivity index (χ3v) is 6.20. The number of ketones is 1. The Kier molecular flexibility index (Phi) is 4.87. The van der Waals surface area contributed by atoms with Crippen molar-refractivity contribution in [3.63, 3.8) is 0 Å². The van der Waals surface area contributed by atoms with E-state index in [-0.39, 0.29) is 17.7 Å². The largest absolute Gasteiger partial charge is 0.465 e. The molecule has 0 heterocycles. The Labute approximate surface area is 181 Å². The Morgan fingerprint density at radius 2 is 1.52 bits per heavy atom. The third-order valence-electron chi connectivity index (χ3n) is 6.20. The van der Waals surface area contributed by atoms with Gasteiger partial charge in [-0.25, -0.2) is 4.79 Å². The van der Waals surface area contributed by atoms with Crippen molar-refractivity contribution >= 4 is 22.5 Å². The molecule has 0 saturated heterocycles. The zero-order chi connectivity index (χ0) is 21.4. The second-order valence-electron chi connectivity index (χ2n) is 8.02. The topological polar surface area (TPSA) is 43.4 Å². The second-order valence-corrected chi connectivity index (χ2v) is 8.02. The molecule has 0 amide bonds. The molecule has 0 radical (unpaired) electrons. The van der Waals surface area contributed by atoms with Crippen LogP contribution in [0.5, 0.6) is 0 Å². The fourth-order valence-corrected chi connectivity index (χ4v) is 4.65. The number of Topliss-reactive ketones (excluding diaryl/α,β-unsaturated/α-hetero) is 1. The molecule has 1 aliphatic rings. The summed E-state index contributed by atoms with van der Waals surface area (Å²) in [4.78, 5) is 24.9. The average Bonchev–Trinajstić information content (AvgIpc) is 3.14. The number of benzene rings is 4. The summed E-state index contributed by atoms with van der Waals surface area (Å²) in [5.41, 5.74) is 5.86. The zero-order valence-electron chi connectivity index (χ0n) is 17.3. The predicted octanol–water partition coefficient (Wildman–Crippen LogP) is 5.89. The first kappa shape index (κ1) is 19.3. The van der Waals surface area contributed by atoms with E-state index in [9.17, 15) is 9.59 Å². The van der Waals surface area contributed by atoms with E-state index in [1.54, 1.807) is 12.1 Å².